The molecule has 2 nitrogen and oxygen atoms in total. The molecule has 0 aromatic heterocycles. The smallest absolute Gasteiger partial charge is 0.246 e. The number of rotatable bonds is 1. The summed E-state index contributed by atoms with van der Waals surface area (Å²) in [6.45, 7) is 0. The van der Waals surface area contributed by atoms with Gasteiger partial charge in [0.2, 0.25) is 11.6 Å². The Balaban J connectivity index is 2.74. The summed E-state index contributed by atoms with van der Waals surface area (Å²) in [6, 6.07) is 6.53. The van der Waals surface area contributed by atoms with Gasteiger partial charge in [-0.1, -0.05) is 64.6 Å². The molecule has 0 saturated carbocycles. The van der Waals surface area contributed by atoms with Gasteiger partial charge in [0.05, 0.1) is 15.6 Å². The van der Waals surface area contributed by atoms with E-state index in [2.05, 4.69) is 0 Å². The fourth-order valence-corrected chi connectivity index (χ4v) is 2.44. The Morgan fingerprint density at radius 1 is 0.722 bits per heavy atom. The Morgan fingerprint density at radius 3 is 1.94 bits per heavy atom. The summed E-state index contributed by atoms with van der Waals surface area (Å²) in [4.78, 5) is 23.5. The minimum Gasteiger partial charge on any atom is -0.285 e. The largest absolute Gasteiger partial charge is 0.285 e. The van der Waals surface area contributed by atoms with Crippen LogP contribution in [0.2, 0.25) is 5.02 Å². The Labute approximate surface area is 123 Å². The van der Waals surface area contributed by atoms with Crippen molar-refractivity contribution in [3.8, 4) is 0 Å². The van der Waals surface area contributed by atoms with Crippen LogP contribution < -0.4 is 0 Å². The molecule has 0 aliphatic heterocycles. The van der Waals surface area contributed by atoms with Crippen molar-refractivity contribution in [1.29, 1.82) is 0 Å². The first kappa shape index (κ1) is 13.6. The molecular weight excluding hydrogens is 318 g/mol. The number of halogens is 4. The summed E-state index contributed by atoms with van der Waals surface area (Å²) in [7, 11) is 0. The molecule has 2 rings (SSSR count). The summed E-state index contributed by atoms with van der Waals surface area (Å²) in [5.41, 5.74) is 0.325. The fraction of sp³-hybridized carbons (Fsp3) is 0. The van der Waals surface area contributed by atoms with Crippen LogP contribution in [0.5, 0.6) is 0 Å². The van der Waals surface area contributed by atoms with Crippen LogP contribution in [0.15, 0.2) is 39.4 Å². The topological polar surface area (TPSA) is 34.1 Å². The van der Waals surface area contributed by atoms with E-state index in [1.54, 1.807) is 24.3 Å². The van der Waals surface area contributed by atoms with Crippen molar-refractivity contribution in [3.05, 3.63) is 49.9 Å². The van der Waals surface area contributed by atoms with Gasteiger partial charge in [0, 0.05) is 10.6 Å². The lowest BCUT2D eigenvalue weighted by atomic mass is 9.95. The summed E-state index contributed by atoms with van der Waals surface area (Å²) < 4.78 is 0. The molecule has 0 N–H and O–H groups in total. The zero-order valence-corrected chi connectivity index (χ0v) is 11.7. The third-order valence-corrected chi connectivity index (χ3v) is 4.02. The Hall–Kier alpha value is -0.800. The van der Waals surface area contributed by atoms with Gasteiger partial charge >= 0.3 is 0 Å². The molecule has 0 atom stereocenters. The second kappa shape index (κ2) is 5.06. The molecule has 0 bridgehead atoms. The highest BCUT2D eigenvalue weighted by Crippen LogP contribution is 2.39. The lowest BCUT2D eigenvalue weighted by Gasteiger charge is -2.15. The number of hydrogen-bond acceptors (Lipinski definition) is 2. The third-order valence-electron chi connectivity index (χ3n) is 2.38. The van der Waals surface area contributed by atoms with Crippen LogP contribution in [-0.4, -0.2) is 11.6 Å². The molecule has 0 radical (unpaired) electrons. The van der Waals surface area contributed by atoms with Gasteiger partial charge in [-0.3, -0.25) is 9.59 Å². The summed E-state index contributed by atoms with van der Waals surface area (Å²) in [6.07, 6.45) is 0. The SMILES string of the molecule is O=C1C(=O)C(c2ccccc2Cl)=C(Cl)C(Cl)=C1Cl. The van der Waals surface area contributed by atoms with Crippen LogP contribution in [0, 0.1) is 0 Å². The molecule has 1 aliphatic rings. The molecule has 0 unspecified atom stereocenters. The second-order valence-corrected chi connectivity index (χ2v) is 5.00. The van der Waals surface area contributed by atoms with E-state index in [0.29, 0.717) is 10.6 Å². The predicted octanol–water partition coefficient (Wildman–Crippen LogP) is 4.13. The van der Waals surface area contributed by atoms with Crippen LogP contribution in [-0.2, 0) is 9.59 Å². The van der Waals surface area contributed by atoms with Gasteiger partial charge in [0.25, 0.3) is 0 Å². The van der Waals surface area contributed by atoms with Crippen LogP contribution >= 0.6 is 46.4 Å². The molecule has 0 fully saturated rings. The van der Waals surface area contributed by atoms with Crippen molar-refractivity contribution in [2.45, 2.75) is 0 Å². The molecule has 0 amide bonds. The number of Topliss-reactive ketones (excluding diaryl/α,β-unsaturated/α-hetero) is 2. The average Bonchev–Trinajstić information content (AvgIpc) is 2.36. The maximum atomic E-state index is 11.9. The van der Waals surface area contributed by atoms with Crippen LogP contribution in [0.3, 0.4) is 0 Å². The summed E-state index contributed by atoms with van der Waals surface area (Å²) >= 11 is 23.4. The molecule has 0 heterocycles. The van der Waals surface area contributed by atoms with Gasteiger partial charge in [-0.05, 0) is 6.07 Å². The minimum atomic E-state index is -0.888. The predicted molar refractivity (Wildman–Crippen MR) is 73.0 cm³/mol. The van der Waals surface area contributed by atoms with Crippen LogP contribution in [0.25, 0.3) is 5.57 Å². The number of carbonyl (C=O) groups is 2. The van der Waals surface area contributed by atoms with Crippen LogP contribution in [0.4, 0.5) is 0 Å². The highest BCUT2D eigenvalue weighted by Gasteiger charge is 2.34. The lowest BCUT2D eigenvalue weighted by Crippen LogP contribution is -2.21. The molecule has 92 valence electrons. The Morgan fingerprint density at radius 2 is 1.33 bits per heavy atom. The third kappa shape index (κ3) is 2.10. The van der Waals surface area contributed by atoms with Gasteiger partial charge in [-0.2, -0.15) is 0 Å². The van der Waals surface area contributed by atoms with Crippen molar-refractivity contribution in [1.82, 2.24) is 0 Å². The van der Waals surface area contributed by atoms with Crippen LogP contribution in [0.1, 0.15) is 5.56 Å². The van der Waals surface area contributed by atoms with E-state index < -0.39 is 11.6 Å². The standard InChI is InChI=1S/C12H4Cl4O2/c13-6-4-2-1-3-5(6)7-8(14)9(15)10(16)12(18)11(7)17/h1-4H. The number of ketones is 2. The van der Waals surface area contributed by atoms with E-state index in [0.717, 1.165) is 0 Å². The van der Waals surface area contributed by atoms with E-state index >= 15 is 0 Å². The number of hydrogen-bond donors (Lipinski definition) is 0. The maximum Gasteiger partial charge on any atom is 0.246 e. The van der Waals surface area contributed by atoms with Crippen molar-refractivity contribution in [3.63, 3.8) is 0 Å². The van der Waals surface area contributed by atoms with E-state index in [4.69, 9.17) is 46.4 Å². The van der Waals surface area contributed by atoms with Crippen molar-refractivity contribution in [2.24, 2.45) is 0 Å². The Kier molecular flexibility index (Phi) is 3.83. The van der Waals surface area contributed by atoms with Gasteiger partial charge in [-0.25, -0.2) is 0 Å². The van der Waals surface area contributed by atoms with Gasteiger partial charge < -0.3 is 0 Å². The zero-order valence-electron chi connectivity index (χ0n) is 8.64. The van der Waals surface area contributed by atoms with E-state index in [9.17, 15) is 9.59 Å². The summed E-state index contributed by atoms with van der Waals surface area (Å²) in [5, 5.41) is -0.283. The van der Waals surface area contributed by atoms with Gasteiger partial charge in [0.15, 0.2) is 0 Å². The average molecular weight is 322 g/mol. The maximum absolute atomic E-state index is 11.9. The fourth-order valence-electron chi connectivity index (χ4n) is 1.52. The van der Waals surface area contributed by atoms with Crippen molar-refractivity contribution >= 4 is 63.5 Å². The van der Waals surface area contributed by atoms with Gasteiger partial charge in [0.1, 0.15) is 5.03 Å². The second-order valence-electron chi connectivity index (χ2n) is 3.46. The van der Waals surface area contributed by atoms with Crippen molar-refractivity contribution in [2.75, 3.05) is 0 Å². The highest BCUT2D eigenvalue weighted by molar-refractivity contribution is 6.73. The van der Waals surface area contributed by atoms with Crippen molar-refractivity contribution < 1.29 is 9.59 Å². The first-order valence-corrected chi connectivity index (χ1v) is 6.25. The van der Waals surface area contributed by atoms with E-state index in [1.165, 1.54) is 0 Å². The minimum absolute atomic E-state index is 0.0262. The molecule has 1 aromatic carbocycles. The quantitative estimate of drug-likeness (QED) is 0.575. The van der Waals surface area contributed by atoms with E-state index in [1.807, 2.05) is 0 Å². The zero-order chi connectivity index (χ0) is 13.4. The molecule has 0 saturated heterocycles. The summed E-state index contributed by atoms with van der Waals surface area (Å²) in [5.74, 6) is -1.71. The van der Waals surface area contributed by atoms with Gasteiger partial charge in [-0.15, -0.1) is 0 Å². The number of carbonyl (C=O) groups excluding carboxylic acids is 2. The Bertz CT molecular complexity index is 629. The molecule has 0 spiro atoms. The molecule has 6 heteroatoms. The number of allylic oxidation sites excluding steroid dienone is 4. The normalized spacial score (nSPS) is 16.7. The highest BCUT2D eigenvalue weighted by atomic mass is 35.5. The molecule has 18 heavy (non-hydrogen) atoms. The molecular formula is C12H4Cl4O2. The van der Waals surface area contributed by atoms with E-state index in [-0.39, 0.29) is 20.7 Å². The lowest BCUT2D eigenvalue weighted by molar-refractivity contribution is -0.130. The first-order valence-electron chi connectivity index (χ1n) is 4.74. The molecule has 1 aromatic rings. The monoisotopic (exact) mass is 320 g/mol. The number of benzene rings is 1. The molecule has 1 aliphatic carbocycles. The first-order chi connectivity index (χ1) is 8.45.